The van der Waals surface area contributed by atoms with Gasteiger partial charge >= 0.3 is 0 Å². The summed E-state index contributed by atoms with van der Waals surface area (Å²) in [6, 6.07) is 1.09. The summed E-state index contributed by atoms with van der Waals surface area (Å²) >= 11 is 5.61. The molecular formula is C10H11ClN4O3S. The van der Waals surface area contributed by atoms with E-state index in [0.29, 0.717) is 17.1 Å². The minimum atomic E-state index is -3.83. The molecule has 0 bridgehead atoms. The van der Waals surface area contributed by atoms with Gasteiger partial charge in [-0.25, -0.2) is 8.42 Å². The van der Waals surface area contributed by atoms with Crippen LogP contribution in [0.3, 0.4) is 0 Å². The highest BCUT2D eigenvalue weighted by Gasteiger charge is 2.19. The Kier molecular flexibility index (Phi) is 3.38. The highest BCUT2D eigenvalue weighted by molar-refractivity contribution is 7.92. The fourth-order valence-electron chi connectivity index (χ4n) is 1.49. The summed E-state index contributed by atoms with van der Waals surface area (Å²) < 4.78 is 26.7. The Bertz CT molecular complexity index is 759. The summed E-state index contributed by atoms with van der Waals surface area (Å²) in [7, 11) is -3.83. The summed E-state index contributed by atoms with van der Waals surface area (Å²) in [5.41, 5.74) is 0.951. The minimum Gasteiger partial charge on any atom is -0.326 e. The Hall–Kier alpha value is -1.80. The Morgan fingerprint density at radius 1 is 1.37 bits per heavy atom. The topological polar surface area (TPSA) is 108 Å². The number of nitrogens with one attached hydrogen (secondary N) is 3. The van der Waals surface area contributed by atoms with E-state index >= 15 is 0 Å². The Labute approximate surface area is 114 Å². The quantitative estimate of drug-likeness (QED) is 0.791. The van der Waals surface area contributed by atoms with E-state index in [4.69, 9.17) is 11.6 Å². The van der Waals surface area contributed by atoms with Crippen molar-refractivity contribution in [2.45, 2.75) is 18.7 Å². The number of sulfonamides is 1. The monoisotopic (exact) mass is 302 g/mol. The first kappa shape index (κ1) is 13.6. The van der Waals surface area contributed by atoms with Gasteiger partial charge in [0.1, 0.15) is 9.92 Å². The van der Waals surface area contributed by atoms with Gasteiger partial charge in [-0.1, -0.05) is 11.6 Å². The first-order chi connectivity index (χ1) is 8.81. The van der Waals surface area contributed by atoms with Gasteiger partial charge in [-0.05, 0) is 19.9 Å². The zero-order valence-corrected chi connectivity index (χ0v) is 11.7. The van der Waals surface area contributed by atoms with Gasteiger partial charge < -0.3 is 4.98 Å². The van der Waals surface area contributed by atoms with Crippen molar-refractivity contribution in [2.75, 3.05) is 4.72 Å². The summed E-state index contributed by atoms with van der Waals surface area (Å²) in [5, 5.41) is 6.37. The number of hydrogen-bond acceptors (Lipinski definition) is 4. The molecule has 0 unspecified atom stereocenters. The maximum absolute atomic E-state index is 12.1. The van der Waals surface area contributed by atoms with Gasteiger partial charge in [-0.3, -0.25) is 14.6 Å². The lowest BCUT2D eigenvalue weighted by atomic mass is 10.3. The van der Waals surface area contributed by atoms with Gasteiger partial charge in [0.15, 0.2) is 0 Å². The van der Waals surface area contributed by atoms with E-state index in [0.717, 1.165) is 12.3 Å². The third-order valence-corrected chi connectivity index (χ3v) is 4.12. The molecule has 0 radical (unpaired) electrons. The largest absolute Gasteiger partial charge is 0.326 e. The summed E-state index contributed by atoms with van der Waals surface area (Å²) in [5.74, 6) is 0. The number of H-pyrrole nitrogens is 2. The maximum atomic E-state index is 12.1. The zero-order chi connectivity index (χ0) is 14.2. The summed E-state index contributed by atoms with van der Waals surface area (Å²) in [4.78, 5) is 13.2. The molecule has 0 aliphatic heterocycles. The van der Waals surface area contributed by atoms with Crippen LogP contribution in [-0.4, -0.2) is 23.6 Å². The number of aryl methyl sites for hydroxylation is 2. The molecule has 0 aromatic carbocycles. The standard InChI is InChI=1S/C10H11ClN4O3S/c1-5-9(6(2)14-13-5)15-19(17,18)7-3-8(11)10(16)12-4-7/h3-4,15H,1-2H3,(H,12,16)(H,13,14). The molecule has 7 nitrogen and oxygen atoms in total. The van der Waals surface area contributed by atoms with E-state index in [9.17, 15) is 13.2 Å². The smallest absolute Gasteiger partial charge is 0.266 e. The van der Waals surface area contributed by atoms with Crippen LogP contribution in [0.4, 0.5) is 5.69 Å². The predicted octanol–water partition coefficient (Wildman–Crippen LogP) is 1.17. The van der Waals surface area contributed by atoms with Crippen LogP contribution >= 0.6 is 11.6 Å². The van der Waals surface area contributed by atoms with Crippen molar-refractivity contribution < 1.29 is 8.42 Å². The van der Waals surface area contributed by atoms with E-state index in [2.05, 4.69) is 19.9 Å². The predicted molar refractivity (Wildman–Crippen MR) is 70.9 cm³/mol. The number of aromatic nitrogens is 3. The molecule has 0 atom stereocenters. The van der Waals surface area contributed by atoms with Crippen LogP contribution in [-0.2, 0) is 10.0 Å². The van der Waals surface area contributed by atoms with Crippen LogP contribution in [0.25, 0.3) is 0 Å². The molecular weight excluding hydrogens is 292 g/mol. The van der Waals surface area contributed by atoms with Crippen molar-refractivity contribution in [1.82, 2.24) is 15.2 Å². The highest BCUT2D eigenvalue weighted by atomic mass is 35.5. The van der Waals surface area contributed by atoms with E-state index in [1.807, 2.05) is 0 Å². The van der Waals surface area contributed by atoms with Crippen LogP contribution in [0.15, 0.2) is 22.0 Å². The van der Waals surface area contributed by atoms with Gasteiger partial charge in [0.05, 0.1) is 17.1 Å². The number of pyridine rings is 1. The molecule has 2 rings (SSSR count). The van der Waals surface area contributed by atoms with Crippen molar-refractivity contribution in [3.05, 3.63) is 39.0 Å². The first-order valence-electron chi connectivity index (χ1n) is 5.24. The SMILES string of the molecule is Cc1n[nH]c(C)c1NS(=O)(=O)c1c[nH]c(=O)c(Cl)c1. The van der Waals surface area contributed by atoms with E-state index in [-0.39, 0.29) is 9.92 Å². The molecule has 0 fully saturated rings. The molecule has 2 aromatic heterocycles. The highest BCUT2D eigenvalue weighted by Crippen LogP contribution is 2.21. The van der Waals surface area contributed by atoms with Gasteiger partial charge in [0.25, 0.3) is 15.6 Å². The Morgan fingerprint density at radius 3 is 2.58 bits per heavy atom. The Balaban J connectivity index is 2.43. The van der Waals surface area contributed by atoms with Crippen LogP contribution in [0, 0.1) is 13.8 Å². The van der Waals surface area contributed by atoms with Crippen LogP contribution in [0.5, 0.6) is 0 Å². The van der Waals surface area contributed by atoms with Crippen molar-refractivity contribution in [3.63, 3.8) is 0 Å². The Morgan fingerprint density at radius 2 is 2.05 bits per heavy atom. The zero-order valence-electron chi connectivity index (χ0n) is 10.1. The summed E-state index contributed by atoms with van der Waals surface area (Å²) in [6.07, 6.45) is 1.08. The molecule has 0 aliphatic carbocycles. The molecule has 0 aliphatic rings. The van der Waals surface area contributed by atoms with E-state index in [1.54, 1.807) is 13.8 Å². The molecule has 0 saturated carbocycles. The van der Waals surface area contributed by atoms with Crippen LogP contribution in [0.1, 0.15) is 11.4 Å². The second-order valence-electron chi connectivity index (χ2n) is 3.93. The molecule has 102 valence electrons. The van der Waals surface area contributed by atoms with Gasteiger partial charge in [-0.2, -0.15) is 5.10 Å². The molecule has 0 saturated heterocycles. The first-order valence-corrected chi connectivity index (χ1v) is 7.10. The van der Waals surface area contributed by atoms with Gasteiger partial charge in [-0.15, -0.1) is 0 Å². The number of aromatic amines is 2. The molecule has 9 heteroatoms. The average molecular weight is 303 g/mol. The number of anilines is 1. The van der Waals surface area contributed by atoms with E-state index in [1.165, 1.54) is 0 Å². The lowest BCUT2D eigenvalue weighted by Gasteiger charge is -2.08. The third kappa shape index (κ3) is 2.64. The normalized spacial score (nSPS) is 11.5. The number of halogens is 1. The van der Waals surface area contributed by atoms with Crippen molar-refractivity contribution in [1.29, 1.82) is 0 Å². The molecule has 3 N–H and O–H groups in total. The second-order valence-corrected chi connectivity index (χ2v) is 6.02. The number of hydrogen-bond donors (Lipinski definition) is 3. The molecule has 2 aromatic rings. The molecule has 2 heterocycles. The van der Waals surface area contributed by atoms with E-state index < -0.39 is 15.6 Å². The maximum Gasteiger partial charge on any atom is 0.266 e. The molecule has 19 heavy (non-hydrogen) atoms. The molecule has 0 amide bonds. The third-order valence-electron chi connectivity index (χ3n) is 2.51. The van der Waals surface area contributed by atoms with Gasteiger partial charge in [0, 0.05) is 6.20 Å². The fourth-order valence-corrected chi connectivity index (χ4v) is 2.90. The van der Waals surface area contributed by atoms with Crippen molar-refractivity contribution >= 4 is 27.3 Å². The number of rotatable bonds is 3. The van der Waals surface area contributed by atoms with Crippen LogP contribution < -0.4 is 10.3 Å². The summed E-state index contributed by atoms with van der Waals surface area (Å²) in [6.45, 7) is 3.36. The minimum absolute atomic E-state index is 0.128. The molecule has 0 spiro atoms. The van der Waals surface area contributed by atoms with Crippen molar-refractivity contribution in [3.8, 4) is 0 Å². The number of nitrogens with zero attached hydrogens (tertiary/aromatic N) is 1. The van der Waals surface area contributed by atoms with Crippen molar-refractivity contribution in [2.24, 2.45) is 0 Å². The fraction of sp³-hybridized carbons (Fsp3) is 0.200. The second kappa shape index (κ2) is 4.71. The van der Waals surface area contributed by atoms with Gasteiger partial charge in [0.2, 0.25) is 0 Å². The average Bonchev–Trinajstić information content (AvgIpc) is 2.64. The lowest BCUT2D eigenvalue weighted by molar-refractivity contribution is 0.600. The lowest BCUT2D eigenvalue weighted by Crippen LogP contribution is -2.16. The van der Waals surface area contributed by atoms with Crippen LogP contribution in [0.2, 0.25) is 5.02 Å².